The van der Waals surface area contributed by atoms with Gasteiger partial charge in [0.1, 0.15) is 0 Å². The molecule has 17 heavy (non-hydrogen) atoms. The number of hydrogen-bond donors (Lipinski definition) is 1. The Hall–Kier alpha value is -1.26. The van der Waals surface area contributed by atoms with Crippen LogP contribution >= 0.6 is 11.6 Å². The molecule has 4 nitrogen and oxygen atoms in total. The first-order chi connectivity index (χ1) is 8.15. The van der Waals surface area contributed by atoms with E-state index in [1.165, 1.54) is 12.6 Å². The zero-order chi connectivity index (χ0) is 12.3. The molecule has 1 aliphatic heterocycles. The van der Waals surface area contributed by atoms with Crippen LogP contribution in [-0.4, -0.2) is 37.1 Å². The van der Waals surface area contributed by atoms with E-state index in [4.69, 9.17) is 11.6 Å². The van der Waals surface area contributed by atoms with Crippen molar-refractivity contribution >= 4 is 23.2 Å². The number of rotatable bonds is 2. The minimum Gasteiger partial charge on any atom is -0.369 e. The molecule has 1 fully saturated rings. The number of hydrogen-bond acceptors (Lipinski definition) is 3. The molecule has 2 rings (SSSR count). The molecule has 1 heterocycles. The van der Waals surface area contributed by atoms with Crippen LogP contribution in [0, 0.1) is 0 Å². The van der Waals surface area contributed by atoms with Crippen molar-refractivity contribution in [1.29, 1.82) is 0 Å². The van der Waals surface area contributed by atoms with Crippen LogP contribution in [0.3, 0.4) is 0 Å². The van der Waals surface area contributed by atoms with Gasteiger partial charge < -0.3 is 4.90 Å². The number of nitrogens with one attached hydrogen (secondary N) is 1. The minimum absolute atomic E-state index is 0.00931. The van der Waals surface area contributed by atoms with Crippen molar-refractivity contribution in [2.24, 2.45) is 0 Å². The highest BCUT2D eigenvalue weighted by atomic mass is 35.5. The van der Waals surface area contributed by atoms with E-state index < -0.39 is 0 Å². The molecule has 1 saturated heterocycles. The highest BCUT2D eigenvalue weighted by Gasteiger charge is 2.17. The Kier molecular flexibility index (Phi) is 3.86. The Balaban J connectivity index is 1.90. The Bertz CT molecular complexity index is 385. The summed E-state index contributed by atoms with van der Waals surface area (Å²) < 4.78 is 0. The van der Waals surface area contributed by atoms with Crippen molar-refractivity contribution < 1.29 is 4.79 Å². The lowest BCUT2D eigenvalue weighted by Crippen LogP contribution is -2.53. The molecule has 0 spiro atoms. The van der Waals surface area contributed by atoms with Gasteiger partial charge in [-0.15, -0.1) is 0 Å². The van der Waals surface area contributed by atoms with Gasteiger partial charge in [0.25, 0.3) is 0 Å². The van der Waals surface area contributed by atoms with E-state index in [2.05, 4.69) is 10.3 Å². The molecule has 1 aromatic rings. The fourth-order valence-electron chi connectivity index (χ4n) is 1.95. The molecule has 1 N–H and O–H groups in total. The van der Waals surface area contributed by atoms with E-state index in [1.807, 2.05) is 29.3 Å². The van der Waals surface area contributed by atoms with Crippen LogP contribution in [0.1, 0.15) is 6.92 Å². The Morgan fingerprint density at radius 1 is 1.18 bits per heavy atom. The van der Waals surface area contributed by atoms with E-state index in [1.54, 1.807) is 0 Å². The third-order valence-corrected chi connectivity index (χ3v) is 3.04. The van der Waals surface area contributed by atoms with Gasteiger partial charge in [-0.05, 0) is 24.3 Å². The highest BCUT2D eigenvalue weighted by molar-refractivity contribution is 6.30. The van der Waals surface area contributed by atoms with Crippen LogP contribution in [0.2, 0.25) is 5.02 Å². The van der Waals surface area contributed by atoms with Crippen LogP contribution in [-0.2, 0) is 4.79 Å². The largest absolute Gasteiger partial charge is 0.369 e. The van der Waals surface area contributed by atoms with Gasteiger partial charge >= 0.3 is 0 Å². The predicted molar refractivity (Wildman–Crippen MR) is 69.1 cm³/mol. The monoisotopic (exact) mass is 253 g/mol. The number of piperazine rings is 1. The third-order valence-electron chi connectivity index (χ3n) is 2.79. The molecule has 5 heteroatoms. The Morgan fingerprint density at radius 2 is 1.76 bits per heavy atom. The molecule has 1 aliphatic rings. The molecule has 0 aromatic heterocycles. The molecule has 0 bridgehead atoms. The van der Waals surface area contributed by atoms with Gasteiger partial charge in [0, 0.05) is 43.8 Å². The summed E-state index contributed by atoms with van der Waals surface area (Å²) in [5.41, 5.74) is 3.99. The molecule has 0 aliphatic carbocycles. The summed E-state index contributed by atoms with van der Waals surface area (Å²) >= 11 is 5.86. The maximum atomic E-state index is 10.9. The van der Waals surface area contributed by atoms with Gasteiger partial charge in [0.2, 0.25) is 5.91 Å². The second-order valence-electron chi connectivity index (χ2n) is 4.12. The molecule has 0 atom stereocenters. The van der Waals surface area contributed by atoms with Crippen molar-refractivity contribution in [3.05, 3.63) is 29.3 Å². The van der Waals surface area contributed by atoms with Crippen molar-refractivity contribution in [2.45, 2.75) is 6.92 Å². The zero-order valence-electron chi connectivity index (χ0n) is 9.82. The smallest absolute Gasteiger partial charge is 0.231 e. The Morgan fingerprint density at radius 3 is 2.29 bits per heavy atom. The van der Waals surface area contributed by atoms with Crippen molar-refractivity contribution in [2.75, 3.05) is 31.1 Å². The number of hydrazine groups is 1. The molecule has 92 valence electrons. The summed E-state index contributed by atoms with van der Waals surface area (Å²) in [6.07, 6.45) is 0. The van der Waals surface area contributed by atoms with E-state index in [-0.39, 0.29) is 5.91 Å². The SMILES string of the molecule is CC(=O)NN1CCN(c2ccc(Cl)cc2)CC1. The summed E-state index contributed by atoms with van der Waals surface area (Å²) in [4.78, 5) is 13.2. The molecule has 0 saturated carbocycles. The average molecular weight is 254 g/mol. The predicted octanol–water partition coefficient (Wildman–Crippen LogP) is 1.51. The summed E-state index contributed by atoms with van der Waals surface area (Å²) in [7, 11) is 0. The van der Waals surface area contributed by atoms with Crippen LogP contribution in [0.15, 0.2) is 24.3 Å². The number of nitrogens with zero attached hydrogens (tertiary/aromatic N) is 2. The van der Waals surface area contributed by atoms with Gasteiger partial charge in [-0.25, -0.2) is 5.01 Å². The molecule has 0 radical (unpaired) electrons. The number of carbonyl (C=O) groups is 1. The fraction of sp³-hybridized carbons (Fsp3) is 0.417. The number of halogens is 1. The van der Waals surface area contributed by atoms with Gasteiger partial charge in [-0.1, -0.05) is 11.6 Å². The van der Waals surface area contributed by atoms with Gasteiger partial charge in [0.05, 0.1) is 0 Å². The lowest BCUT2D eigenvalue weighted by atomic mass is 10.2. The van der Waals surface area contributed by atoms with Crippen LogP contribution in [0.5, 0.6) is 0 Å². The quantitative estimate of drug-likeness (QED) is 0.868. The maximum Gasteiger partial charge on any atom is 0.231 e. The number of carbonyl (C=O) groups excluding carboxylic acids is 1. The Labute approximate surface area is 106 Å². The topological polar surface area (TPSA) is 35.6 Å². The van der Waals surface area contributed by atoms with E-state index >= 15 is 0 Å². The minimum atomic E-state index is -0.00931. The molecular weight excluding hydrogens is 238 g/mol. The highest BCUT2D eigenvalue weighted by Crippen LogP contribution is 2.18. The van der Waals surface area contributed by atoms with Crippen LogP contribution < -0.4 is 10.3 Å². The summed E-state index contributed by atoms with van der Waals surface area (Å²) in [5.74, 6) is -0.00931. The fourth-order valence-corrected chi connectivity index (χ4v) is 2.08. The van der Waals surface area contributed by atoms with Crippen molar-refractivity contribution in [3.63, 3.8) is 0 Å². The van der Waals surface area contributed by atoms with Crippen LogP contribution in [0.4, 0.5) is 5.69 Å². The molecule has 1 aromatic carbocycles. The average Bonchev–Trinajstić information content (AvgIpc) is 2.30. The lowest BCUT2D eigenvalue weighted by molar-refractivity contribution is -0.123. The van der Waals surface area contributed by atoms with Gasteiger partial charge in [0.15, 0.2) is 0 Å². The normalized spacial score (nSPS) is 16.9. The van der Waals surface area contributed by atoms with E-state index in [0.717, 1.165) is 31.2 Å². The zero-order valence-corrected chi connectivity index (χ0v) is 10.6. The van der Waals surface area contributed by atoms with Gasteiger partial charge in [-0.3, -0.25) is 10.2 Å². The molecule has 0 unspecified atom stereocenters. The van der Waals surface area contributed by atoms with Crippen molar-refractivity contribution in [3.8, 4) is 0 Å². The van der Waals surface area contributed by atoms with E-state index in [9.17, 15) is 4.79 Å². The maximum absolute atomic E-state index is 10.9. The lowest BCUT2D eigenvalue weighted by Gasteiger charge is -2.35. The first-order valence-electron chi connectivity index (χ1n) is 5.68. The molecule has 1 amide bonds. The number of amides is 1. The summed E-state index contributed by atoms with van der Waals surface area (Å²) in [5, 5.41) is 2.71. The van der Waals surface area contributed by atoms with Crippen molar-refractivity contribution in [1.82, 2.24) is 10.4 Å². The second-order valence-corrected chi connectivity index (χ2v) is 4.55. The second kappa shape index (κ2) is 5.38. The van der Waals surface area contributed by atoms with E-state index in [0.29, 0.717) is 0 Å². The molecular formula is C12H16ClN3O. The summed E-state index contributed by atoms with van der Waals surface area (Å²) in [6.45, 7) is 5.01. The first kappa shape index (κ1) is 12.2. The standard InChI is InChI=1S/C12H16ClN3O/c1-10(17)14-16-8-6-15(7-9-16)12-4-2-11(13)3-5-12/h2-5H,6-9H2,1H3,(H,14,17). The number of anilines is 1. The third kappa shape index (κ3) is 3.35. The number of benzene rings is 1. The summed E-state index contributed by atoms with van der Waals surface area (Å²) in [6, 6.07) is 7.85. The first-order valence-corrected chi connectivity index (χ1v) is 6.05. The van der Waals surface area contributed by atoms with Crippen LogP contribution in [0.25, 0.3) is 0 Å². The van der Waals surface area contributed by atoms with Gasteiger partial charge in [-0.2, -0.15) is 0 Å².